The van der Waals surface area contributed by atoms with E-state index >= 15 is 0 Å². The van der Waals surface area contributed by atoms with E-state index < -0.39 is 0 Å². The van der Waals surface area contributed by atoms with Crippen LogP contribution in [0.25, 0.3) is 0 Å². The summed E-state index contributed by atoms with van der Waals surface area (Å²) < 4.78 is 4.79. The smallest absolute Gasteiger partial charge is 0.325 e. The van der Waals surface area contributed by atoms with E-state index in [1.807, 2.05) is 0 Å². The van der Waals surface area contributed by atoms with Crippen molar-refractivity contribution in [3.63, 3.8) is 0 Å². The molecular formula is C11H19NO3. The van der Waals surface area contributed by atoms with E-state index in [1.54, 1.807) is 14.0 Å². The molecule has 0 heterocycles. The standard InChI is InChI=1S/C11H19NO3/c1-3-15-10(13)8-12(2)11(14)9-6-4-5-7-9/h9H,3-8H2,1-2H3. The van der Waals surface area contributed by atoms with E-state index in [4.69, 9.17) is 4.74 Å². The van der Waals surface area contributed by atoms with Gasteiger partial charge < -0.3 is 9.64 Å². The van der Waals surface area contributed by atoms with E-state index in [-0.39, 0.29) is 24.3 Å². The first-order valence-corrected chi connectivity index (χ1v) is 5.55. The third kappa shape index (κ3) is 3.53. The first kappa shape index (κ1) is 12.0. The molecule has 1 aliphatic carbocycles. The minimum atomic E-state index is -0.327. The van der Waals surface area contributed by atoms with Crippen molar-refractivity contribution in [2.45, 2.75) is 32.6 Å². The van der Waals surface area contributed by atoms with E-state index in [1.165, 1.54) is 4.90 Å². The number of carbonyl (C=O) groups is 2. The minimum Gasteiger partial charge on any atom is -0.465 e. The van der Waals surface area contributed by atoms with Crippen LogP contribution in [-0.2, 0) is 14.3 Å². The molecule has 1 saturated carbocycles. The molecule has 86 valence electrons. The molecule has 15 heavy (non-hydrogen) atoms. The van der Waals surface area contributed by atoms with Crippen LogP contribution in [0.4, 0.5) is 0 Å². The SMILES string of the molecule is CCOC(=O)CN(C)C(=O)C1CCCC1. The summed E-state index contributed by atoms with van der Waals surface area (Å²) in [5.41, 5.74) is 0. The molecule has 0 atom stereocenters. The lowest BCUT2D eigenvalue weighted by Crippen LogP contribution is -2.36. The Morgan fingerprint density at radius 2 is 1.93 bits per heavy atom. The summed E-state index contributed by atoms with van der Waals surface area (Å²) in [6, 6.07) is 0. The fourth-order valence-corrected chi connectivity index (χ4v) is 1.96. The Morgan fingerprint density at radius 3 is 2.47 bits per heavy atom. The highest BCUT2D eigenvalue weighted by Gasteiger charge is 2.26. The fraction of sp³-hybridized carbons (Fsp3) is 0.818. The largest absolute Gasteiger partial charge is 0.465 e. The summed E-state index contributed by atoms with van der Waals surface area (Å²) >= 11 is 0. The average Bonchev–Trinajstić information content (AvgIpc) is 2.69. The Morgan fingerprint density at radius 1 is 1.33 bits per heavy atom. The Labute approximate surface area is 90.6 Å². The van der Waals surface area contributed by atoms with Gasteiger partial charge >= 0.3 is 5.97 Å². The van der Waals surface area contributed by atoms with Gasteiger partial charge in [0.1, 0.15) is 6.54 Å². The number of esters is 1. The molecule has 0 unspecified atom stereocenters. The minimum absolute atomic E-state index is 0.0726. The molecule has 0 aliphatic heterocycles. The highest BCUT2D eigenvalue weighted by atomic mass is 16.5. The number of ether oxygens (including phenoxy) is 1. The molecule has 0 aromatic carbocycles. The van der Waals surface area contributed by atoms with Crippen LogP contribution in [0, 0.1) is 5.92 Å². The Kier molecular flexibility index (Phi) is 4.59. The van der Waals surface area contributed by atoms with Crippen molar-refractivity contribution in [3.05, 3.63) is 0 Å². The number of nitrogens with zero attached hydrogens (tertiary/aromatic N) is 1. The molecule has 4 nitrogen and oxygen atoms in total. The molecule has 1 rings (SSSR count). The van der Waals surface area contributed by atoms with E-state index in [2.05, 4.69) is 0 Å². The number of hydrogen-bond donors (Lipinski definition) is 0. The summed E-state index contributed by atoms with van der Waals surface area (Å²) in [5, 5.41) is 0. The summed E-state index contributed by atoms with van der Waals surface area (Å²) in [6.07, 6.45) is 4.19. The zero-order chi connectivity index (χ0) is 11.3. The van der Waals surface area contributed by atoms with Crippen LogP contribution < -0.4 is 0 Å². The Bertz CT molecular complexity index is 234. The van der Waals surface area contributed by atoms with Crippen LogP contribution >= 0.6 is 0 Å². The van der Waals surface area contributed by atoms with Gasteiger partial charge in [-0.3, -0.25) is 9.59 Å². The van der Waals surface area contributed by atoms with Crippen LogP contribution in [0.2, 0.25) is 0 Å². The summed E-state index contributed by atoms with van der Waals surface area (Å²) in [4.78, 5) is 24.4. The quantitative estimate of drug-likeness (QED) is 0.659. The summed E-state index contributed by atoms with van der Waals surface area (Å²) in [5.74, 6) is -0.115. The van der Waals surface area contributed by atoms with E-state index in [0.717, 1.165) is 25.7 Å². The van der Waals surface area contributed by atoms with Crippen LogP contribution in [0.1, 0.15) is 32.6 Å². The van der Waals surface area contributed by atoms with Crippen LogP contribution in [0.15, 0.2) is 0 Å². The lowest BCUT2D eigenvalue weighted by Gasteiger charge is -2.19. The van der Waals surface area contributed by atoms with Gasteiger partial charge in [0.05, 0.1) is 6.61 Å². The van der Waals surface area contributed by atoms with Gasteiger partial charge in [0.25, 0.3) is 0 Å². The number of likely N-dealkylation sites (N-methyl/N-ethyl adjacent to an activating group) is 1. The zero-order valence-electron chi connectivity index (χ0n) is 9.49. The van der Waals surface area contributed by atoms with E-state index in [0.29, 0.717) is 6.61 Å². The maximum absolute atomic E-state index is 11.8. The van der Waals surface area contributed by atoms with Gasteiger partial charge in [-0.05, 0) is 19.8 Å². The van der Waals surface area contributed by atoms with Gasteiger partial charge in [0.15, 0.2) is 0 Å². The van der Waals surface area contributed by atoms with Gasteiger partial charge in [-0.2, -0.15) is 0 Å². The van der Waals surface area contributed by atoms with E-state index in [9.17, 15) is 9.59 Å². The van der Waals surface area contributed by atoms with Crippen molar-refractivity contribution in [3.8, 4) is 0 Å². The molecule has 1 amide bonds. The Balaban J connectivity index is 2.35. The number of rotatable bonds is 4. The molecule has 0 aromatic heterocycles. The van der Waals surface area contributed by atoms with Gasteiger partial charge in [-0.1, -0.05) is 12.8 Å². The van der Waals surface area contributed by atoms with Crippen molar-refractivity contribution in [1.82, 2.24) is 4.90 Å². The van der Waals surface area contributed by atoms with Crippen molar-refractivity contribution >= 4 is 11.9 Å². The van der Waals surface area contributed by atoms with Crippen LogP contribution in [0.5, 0.6) is 0 Å². The zero-order valence-corrected chi connectivity index (χ0v) is 9.49. The normalized spacial score (nSPS) is 16.4. The average molecular weight is 213 g/mol. The maximum atomic E-state index is 11.8. The second kappa shape index (κ2) is 5.73. The third-order valence-corrected chi connectivity index (χ3v) is 2.75. The molecule has 1 aliphatic rings. The first-order valence-electron chi connectivity index (χ1n) is 5.55. The molecular weight excluding hydrogens is 194 g/mol. The molecule has 0 spiro atoms. The lowest BCUT2D eigenvalue weighted by atomic mass is 10.1. The number of hydrogen-bond acceptors (Lipinski definition) is 3. The van der Waals surface area contributed by atoms with Crippen molar-refractivity contribution in [1.29, 1.82) is 0 Å². The highest BCUT2D eigenvalue weighted by Crippen LogP contribution is 2.26. The molecule has 0 radical (unpaired) electrons. The van der Waals surface area contributed by atoms with Crippen molar-refractivity contribution < 1.29 is 14.3 Å². The monoisotopic (exact) mass is 213 g/mol. The van der Waals surface area contributed by atoms with Gasteiger partial charge in [-0.15, -0.1) is 0 Å². The van der Waals surface area contributed by atoms with Crippen molar-refractivity contribution in [2.75, 3.05) is 20.2 Å². The lowest BCUT2D eigenvalue weighted by molar-refractivity contribution is -0.149. The molecule has 0 N–H and O–H groups in total. The number of carbonyl (C=O) groups excluding carboxylic acids is 2. The molecule has 0 saturated heterocycles. The van der Waals surface area contributed by atoms with Crippen molar-refractivity contribution in [2.24, 2.45) is 5.92 Å². The van der Waals surface area contributed by atoms with Gasteiger partial charge in [-0.25, -0.2) is 0 Å². The summed E-state index contributed by atoms with van der Waals surface area (Å²) in [7, 11) is 1.66. The number of amides is 1. The molecule has 0 bridgehead atoms. The maximum Gasteiger partial charge on any atom is 0.325 e. The predicted molar refractivity (Wildman–Crippen MR) is 56.2 cm³/mol. The second-order valence-electron chi connectivity index (χ2n) is 3.98. The highest BCUT2D eigenvalue weighted by molar-refractivity contribution is 5.83. The molecule has 1 fully saturated rings. The third-order valence-electron chi connectivity index (χ3n) is 2.75. The van der Waals surface area contributed by atoms with Gasteiger partial charge in [0, 0.05) is 13.0 Å². The Hall–Kier alpha value is -1.06. The second-order valence-corrected chi connectivity index (χ2v) is 3.98. The van der Waals surface area contributed by atoms with Crippen LogP contribution in [-0.4, -0.2) is 37.0 Å². The molecule has 0 aromatic rings. The topological polar surface area (TPSA) is 46.6 Å². The van der Waals surface area contributed by atoms with Gasteiger partial charge in [0.2, 0.25) is 5.91 Å². The summed E-state index contributed by atoms with van der Waals surface area (Å²) in [6.45, 7) is 2.20. The fourth-order valence-electron chi connectivity index (χ4n) is 1.96. The first-order chi connectivity index (χ1) is 7.15. The van der Waals surface area contributed by atoms with Crippen LogP contribution in [0.3, 0.4) is 0 Å². The predicted octanol–water partition coefficient (Wildman–Crippen LogP) is 1.20. The molecule has 4 heteroatoms.